The number of para-hydroxylation sites is 1. The van der Waals surface area contributed by atoms with Gasteiger partial charge in [0, 0.05) is 6.42 Å². The van der Waals surface area contributed by atoms with Crippen molar-refractivity contribution in [3.05, 3.63) is 29.8 Å². The zero-order valence-corrected chi connectivity index (χ0v) is 9.78. The number of ether oxygens (including phenoxy) is 1. The molecular weight excluding hydrogens is 230 g/mol. The molecule has 1 aromatic carbocycles. The van der Waals surface area contributed by atoms with Crippen molar-refractivity contribution in [2.45, 2.75) is 12.5 Å². The Hall–Kier alpha value is -1.11. The molecule has 1 atom stereocenters. The molecule has 0 aliphatic heterocycles. The van der Waals surface area contributed by atoms with Crippen molar-refractivity contribution in [3.63, 3.8) is 0 Å². The fourth-order valence-electron chi connectivity index (χ4n) is 1.45. The third-order valence-corrected chi connectivity index (χ3v) is 2.92. The molecule has 0 radical (unpaired) electrons. The van der Waals surface area contributed by atoms with Gasteiger partial charge >= 0.3 is 0 Å². The zero-order valence-electron chi connectivity index (χ0n) is 8.96. The van der Waals surface area contributed by atoms with E-state index in [0.29, 0.717) is 5.75 Å². The molecule has 0 heterocycles. The second-order valence-electron chi connectivity index (χ2n) is 3.50. The van der Waals surface area contributed by atoms with Crippen molar-refractivity contribution < 1.29 is 18.3 Å². The maximum Gasteiger partial charge on any atom is 0.211 e. The summed E-state index contributed by atoms with van der Waals surface area (Å²) in [6.45, 7) is 0. The predicted octanol–water partition coefficient (Wildman–Crippen LogP) is -0.113. The van der Waals surface area contributed by atoms with Crippen LogP contribution >= 0.6 is 0 Å². The van der Waals surface area contributed by atoms with Crippen LogP contribution in [0.4, 0.5) is 0 Å². The number of benzene rings is 1. The number of rotatable bonds is 5. The molecule has 0 saturated heterocycles. The molecule has 0 bridgehead atoms. The van der Waals surface area contributed by atoms with Gasteiger partial charge in [0.05, 0.1) is 19.0 Å². The average Bonchev–Trinajstić information content (AvgIpc) is 2.15. The standard InChI is InChI=1S/C10H15NO4S/c1-15-10-5-3-2-4-8(10)6-9(12)7-16(11,13)14/h2-5,9,12H,6-7H2,1H3,(H2,11,13,14). The van der Waals surface area contributed by atoms with Gasteiger partial charge in [-0.2, -0.15) is 0 Å². The van der Waals surface area contributed by atoms with Crippen molar-refractivity contribution in [2.75, 3.05) is 12.9 Å². The van der Waals surface area contributed by atoms with Gasteiger partial charge in [0.15, 0.2) is 0 Å². The van der Waals surface area contributed by atoms with Gasteiger partial charge in [-0.15, -0.1) is 0 Å². The van der Waals surface area contributed by atoms with Crippen LogP contribution < -0.4 is 9.88 Å². The van der Waals surface area contributed by atoms with Gasteiger partial charge in [-0.05, 0) is 11.6 Å². The van der Waals surface area contributed by atoms with E-state index in [1.165, 1.54) is 7.11 Å². The number of aliphatic hydroxyl groups is 1. The first kappa shape index (κ1) is 13.0. The summed E-state index contributed by atoms with van der Waals surface area (Å²) in [5, 5.41) is 14.4. The monoisotopic (exact) mass is 245 g/mol. The summed E-state index contributed by atoms with van der Waals surface area (Å²) < 4.78 is 26.6. The summed E-state index contributed by atoms with van der Waals surface area (Å²) in [7, 11) is -2.14. The third kappa shape index (κ3) is 4.18. The van der Waals surface area contributed by atoms with Gasteiger partial charge in [0.2, 0.25) is 10.0 Å². The molecular formula is C10H15NO4S. The van der Waals surface area contributed by atoms with Crippen LogP contribution in [0.15, 0.2) is 24.3 Å². The highest BCUT2D eigenvalue weighted by atomic mass is 32.2. The summed E-state index contributed by atoms with van der Waals surface area (Å²) in [5.41, 5.74) is 0.751. The highest BCUT2D eigenvalue weighted by Crippen LogP contribution is 2.19. The third-order valence-electron chi connectivity index (χ3n) is 2.07. The lowest BCUT2D eigenvalue weighted by Crippen LogP contribution is -2.28. The molecule has 0 aliphatic rings. The van der Waals surface area contributed by atoms with Crippen LogP contribution in [-0.4, -0.2) is 32.5 Å². The molecule has 1 rings (SSSR count). The molecule has 0 amide bonds. The van der Waals surface area contributed by atoms with Crippen molar-refractivity contribution in [1.29, 1.82) is 0 Å². The lowest BCUT2D eigenvalue weighted by molar-refractivity contribution is 0.196. The maximum atomic E-state index is 10.8. The number of primary sulfonamides is 1. The first-order valence-corrected chi connectivity index (χ1v) is 6.44. The number of hydrogen-bond donors (Lipinski definition) is 2. The van der Waals surface area contributed by atoms with Crippen molar-refractivity contribution >= 4 is 10.0 Å². The molecule has 3 N–H and O–H groups in total. The Morgan fingerprint density at radius 2 is 2.06 bits per heavy atom. The first-order valence-electron chi connectivity index (χ1n) is 4.73. The largest absolute Gasteiger partial charge is 0.496 e. The van der Waals surface area contributed by atoms with Crippen LogP contribution in [0.5, 0.6) is 5.75 Å². The second-order valence-corrected chi connectivity index (χ2v) is 5.16. The summed E-state index contributed by atoms with van der Waals surface area (Å²) in [6.07, 6.45) is -0.827. The minimum atomic E-state index is -3.65. The molecule has 0 saturated carbocycles. The first-order chi connectivity index (χ1) is 7.42. The summed E-state index contributed by atoms with van der Waals surface area (Å²) in [4.78, 5) is 0. The van der Waals surface area contributed by atoms with E-state index in [-0.39, 0.29) is 6.42 Å². The highest BCUT2D eigenvalue weighted by molar-refractivity contribution is 7.89. The Balaban J connectivity index is 2.73. The molecule has 5 nitrogen and oxygen atoms in total. The minimum Gasteiger partial charge on any atom is -0.496 e. The maximum absolute atomic E-state index is 10.8. The van der Waals surface area contributed by atoms with Crippen LogP contribution in [0.3, 0.4) is 0 Å². The van der Waals surface area contributed by atoms with Crippen LogP contribution in [0.25, 0.3) is 0 Å². The topological polar surface area (TPSA) is 89.6 Å². The average molecular weight is 245 g/mol. The van der Waals surface area contributed by atoms with Gasteiger partial charge in [-0.25, -0.2) is 13.6 Å². The summed E-state index contributed by atoms with van der Waals surface area (Å²) >= 11 is 0. The Labute approximate surface area is 94.9 Å². The van der Waals surface area contributed by atoms with Gasteiger partial charge in [0.25, 0.3) is 0 Å². The predicted molar refractivity (Wildman–Crippen MR) is 60.7 cm³/mol. The van der Waals surface area contributed by atoms with E-state index in [2.05, 4.69) is 0 Å². The number of sulfonamides is 1. The Morgan fingerprint density at radius 1 is 1.44 bits per heavy atom. The molecule has 0 aliphatic carbocycles. The van der Waals surface area contributed by atoms with E-state index in [1.54, 1.807) is 24.3 Å². The molecule has 0 fully saturated rings. The van der Waals surface area contributed by atoms with Gasteiger partial charge < -0.3 is 9.84 Å². The van der Waals surface area contributed by atoms with E-state index in [9.17, 15) is 13.5 Å². The normalized spacial score (nSPS) is 13.4. The number of methoxy groups -OCH3 is 1. The minimum absolute atomic E-state index is 0.195. The summed E-state index contributed by atoms with van der Waals surface area (Å²) in [6, 6.07) is 7.11. The Kier molecular flexibility index (Phi) is 4.28. The highest BCUT2D eigenvalue weighted by Gasteiger charge is 2.15. The fraction of sp³-hybridized carbons (Fsp3) is 0.400. The van der Waals surface area contributed by atoms with E-state index in [4.69, 9.17) is 9.88 Å². The van der Waals surface area contributed by atoms with Crippen LogP contribution in [0, 0.1) is 0 Å². The molecule has 1 unspecified atom stereocenters. The van der Waals surface area contributed by atoms with Crippen molar-refractivity contribution in [2.24, 2.45) is 5.14 Å². The molecule has 90 valence electrons. The Morgan fingerprint density at radius 3 is 2.62 bits per heavy atom. The molecule has 6 heteroatoms. The van der Waals surface area contributed by atoms with Crippen LogP contribution in [0.1, 0.15) is 5.56 Å². The van der Waals surface area contributed by atoms with E-state index in [0.717, 1.165) is 5.56 Å². The van der Waals surface area contributed by atoms with Crippen molar-refractivity contribution in [1.82, 2.24) is 0 Å². The number of aliphatic hydroxyl groups excluding tert-OH is 1. The van der Waals surface area contributed by atoms with E-state index < -0.39 is 21.9 Å². The quantitative estimate of drug-likeness (QED) is 0.757. The van der Waals surface area contributed by atoms with Gasteiger partial charge in [-0.3, -0.25) is 0 Å². The Bertz CT molecular complexity index is 444. The molecule has 0 spiro atoms. The van der Waals surface area contributed by atoms with Crippen LogP contribution in [-0.2, 0) is 16.4 Å². The molecule has 0 aromatic heterocycles. The lowest BCUT2D eigenvalue weighted by Gasteiger charge is -2.12. The number of hydrogen-bond acceptors (Lipinski definition) is 4. The fourth-order valence-corrected chi connectivity index (χ4v) is 2.11. The smallest absolute Gasteiger partial charge is 0.211 e. The molecule has 16 heavy (non-hydrogen) atoms. The molecule has 1 aromatic rings. The van der Waals surface area contributed by atoms with Crippen LogP contribution in [0.2, 0.25) is 0 Å². The van der Waals surface area contributed by atoms with E-state index in [1.807, 2.05) is 0 Å². The van der Waals surface area contributed by atoms with Crippen molar-refractivity contribution in [3.8, 4) is 5.75 Å². The number of nitrogens with two attached hydrogens (primary N) is 1. The van der Waals surface area contributed by atoms with Gasteiger partial charge in [-0.1, -0.05) is 18.2 Å². The zero-order chi connectivity index (χ0) is 12.2. The second kappa shape index (κ2) is 5.29. The summed E-state index contributed by atoms with van der Waals surface area (Å²) in [5.74, 6) is 0.168. The van der Waals surface area contributed by atoms with E-state index >= 15 is 0 Å². The SMILES string of the molecule is COc1ccccc1CC(O)CS(N)(=O)=O. The lowest BCUT2D eigenvalue weighted by atomic mass is 10.1. The van der Waals surface area contributed by atoms with Gasteiger partial charge in [0.1, 0.15) is 5.75 Å².